The molecule has 1 aliphatic rings. The number of fused-ring (bicyclic) bond motifs is 1. The molecule has 0 spiro atoms. The molecule has 0 aliphatic carbocycles. The average molecular weight is 428 g/mol. The van der Waals surface area contributed by atoms with Crippen LogP contribution >= 0.6 is 0 Å². The number of carbonyl (C=O) groups excluding carboxylic acids is 2. The van der Waals surface area contributed by atoms with Gasteiger partial charge < -0.3 is 15.4 Å². The van der Waals surface area contributed by atoms with Crippen LogP contribution in [0.4, 0.5) is 18.9 Å². The highest BCUT2D eigenvalue weighted by atomic mass is 19.4. The summed E-state index contributed by atoms with van der Waals surface area (Å²) >= 11 is 0. The summed E-state index contributed by atoms with van der Waals surface area (Å²) in [6.07, 6.45) is 3.71. The summed E-state index contributed by atoms with van der Waals surface area (Å²) in [6.45, 7) is 2.02. The Labute approximate surface area is 175 Å². The zero-order valence-corrected chi connectivity index (χ0v) is 17.5. The second kappa shape index (κ2) is 11.2. The van der Waals surface area contributed by atoms with Crippen molar-refractivity contribution in [1.29, 1.82) is 0 Å². The number of ether oxygens (including phenoxy) is 1. The summed E-state index contributed by atoms with van der Waals surface area (Å²) in [7, 11) is 0. The van der Waals surface area contributed by atoms with Gasteiger partial charge in [-0.05, 0) is 55.9 Å². The number of nitrogens with two attached hydrogens (primary N) is 1. The lowest BCUT2D eigenvalue weighted by Gasteiger charge is -2.37. The number of halogens is 3. The lowest BCUT2D eigenvalue weighted by atomic mass is 9.93. The molecule has 2 N–H and O–H groups in total. The van der Waals surface area contributed by atoms with E-state index in [9.17, 15) is 22.8 Å². The van der Waals surface area contributed by atoms with Crippen LogP contribution in [-0.2, 0) is 16.0 Å². The van der Waals surface area contributed by atoms with Gasteiger partial charge in [-0.15, -0.1) is 13.2 Å². The molecule has 0 aromatic heterocycles. The minimum atomic E-state index is -4.73. The SMILES string of the molecule is CC[C@@H]1CCc2cc(OC(F)(F)F)ccc2N1C(=O)CCCCCCCCC(N)=O. The largest absolute Gasteiger partial charge is 0.573 e. The topological polar surface area (TPSA) is 72.6 Å². The van der Waals surface area contributed by atoms with Gasteiger partial charge in [-0.2, -0.15) is 0 Å². The Kier molecular flexibility index (Phi) is 8.99. The van der Waals surface area contributed by atoms with Gasteiger partial charge in [0.05, 0.1) is 0 Å². The molecule has 1 aromatic rings. The molecule has 1 heterocycles. The van der Waals surface area contributed by atoms with Gasteiger partial charge in [0.15, 0.2) is 0 Å². The number of carbonyl (C=O) groups is 2. The van der Waals surface area contributed by atoms with Crippen LogP contribution in [0.2, 0.25) is 0 Å². The van der Waals surface area contributed by atoms with Crippen molar-refractivity contribution in [2.75, 3.05) is 4.90 Å². The number of unbranched alkanes of at least 4 members (excludes halogenated alkanes) is 5. The zero-order valence-electron chi connectivity index (χ0n) is 17.5. The number of aryl methyl sites for hydroxylation is 1. The molecule has 2 rings (SSSR count). The second-order valence-corrected chi connectivity index (χ2v) is 7.79. The molecule has 0 unspecified atom stereocenters. The van der Waals surface area contributed by atoms with E-state index in [1.807, 2.05) is 6.92 Å². The predicted octanol–water partition coefficient (Wildman–Crippen LogP) is 5.25. The Bertz CT molecular complexity index is 722. The Morgan fingerprint density at radius 2 is 1.73 bits per heavy atom. The highest BCUT2D eigenvalue weighted by molar-refractivity contribution is 5.95. The van der Waals surface area contributed by atoms with E-state index in [0.717, 1.165) is 51.4 Å². The Morgan fingerprint density at radius 3 is 2.33 bits per heavy atom. The number of primary amides is 1. The van der Waals surface area contributed by atoms with Crippen molar-refractivity contribution in [3.05, 3.63) is 23.8 Å². The number of benzene rings is 1. The summed E-state index contributed by atoms with van der Waals surface area (Å²) in [5.41, 5.74) is 6.52. The Balaban J connectivity index is 1.90. The van der Waals surface area contributed by atoms with Gasteiger partial charge in [0, 0.05) is 24.6 Å². The molecule has 1 aliphatic heterocycles. The number of nitrogens with zero attached hydrogens (tertiary/aromatic N) is 1. The molecule has 0 bridgehead atoms. The minimum absolute atomic E-state index is 0.0148. The van der Waals surface area contributed by atoms with Gasteiger partial charge in [-0.3, -0.25) is 9.59 Å². The first kappa shape index (κ1) is 24.0. The molecule has 0 saturated carbocycles. The van der Waals surface area contributed by atoms with E-state index in [0.29, 0.717) is 30.5 Å². The third kappa shape index (κ3) is 7.54. The monoisotopic (exact) mass is 428 g/mol. The standard InChI is InChI=1S/C22H31F3N2O3/c1-2-17-12-11-16-15-18(30-22(23,24)25)13-14-19(16)27(17)21(29)10-8-6-4-3-5-7-9-20(26)28/h13-15,17H,2-12H2,1H3,(H2,26,28)/t17-/m1/s1. The number of hydrogen-bond acceptors (Lipinski definition) is 3. The summed E-state index contributed by atoms with van der Waals surface area (Å²) < 4.78 is 41.5. The van der Waals surface area contributed by atoms with Crippen LogP contribution in [0.1, 0.15) is 76.7 Å². The lowest BCUT2D eigenvalue weighted by Crippen LogP contribution is -2.43. The zero-order chi connectivity index (χ0) is 22.1. The highest BCUT2D eigenvalue weighted by Gasteiger charge is 2.33. The lowest BCUT2D eigenvalue weighted by molar-refractivity contribution is -0.274. The highest BCUT2D eigenvalue weighted by Crippen LogP contribution is 2.36. The van der Waals surface area contributed by atoms with Crippen molar-refractivity contribution in [3.63, 3.8) is 0 Å². The van der Waals surface area contributed by atoms with Crippen LogP contribution in [0.15, 0.2) is 18.2 Å². The van der Waals surface area contributed by atoms with Crippen LogP contribution in [-0.4, -0.2) is 24.2 Å². The molecule has 0 fully saturated rings. The molecule has 1 aromatic carbocycles. The van der Waals surface area contributed by atoms with E-state index in [-0.39, 0.29) is 23.6 Å². The Hall–Kier alpha value is -2.25. The van der Waals surface area contributed by atoms with E-state index in [1.54, 1.807) is 11.0 Å². The summed E-state index contributed by atoms with van der Waals surface area (Å²) in [6, 6.07) is 4.29. The molecule has 8 heteroatoms. The maximum absolute atomic E-state index is 12.9. The van der Waals surface area contributed by atoms with Crippen LogP contribution in [0.5, 0.6) is 5.75 Å². The summed E-state index contributed by atoms with van der Waals surface area (Å²) in [5, 5.41) is 0. The average Bonchev–Trinajstić information content (AvgIpc) is 2.67. The van der Waals surface area contributed by atoms with Gasteiger partial charge in [0.25, 0.3) is 0 Å². The minimum Gasteiger partial charge on any atom is -0.406 e. The van der Waals surface area contributed by atoms with Gasteiger partial charge in [0.1, 0.15) is 5.75 Å². The van der Waals surface area contributed by atoms with Crippen molar-refractivity contribution in [2.24, 2.45) is 5.73 Å². The smallest absolute Gasteiger partial charge is 0.406 e. The number of rotatable bonds is 11. The maximum Gasteiger partial charge on any atom is 0.573 e. The Morgan fingerprint density at radius 1 is 1.10 bits per heavy atom. The van der Waals surface area contributed by atoms with Crippen LogP contribution in [0.3, 0.4) is 0 Å². The first-order valence-electron chi connectivity index (χ1n) is 10.7. The van der Waals surface area contributed by atoms with Crippen molar-refractivity contribution < 1.29 is 27.5 Å². The molecular formula is C22H31F3N2O3. The van der Waals surface area contributed by atoms with Crippen LogP contribution in [0.25, 0.3) is 0 Å². The number of amides is 2. The third-order valence-electron chi connectivity index (χ3n) is 5.46. The summed E-state index contributed by atoms with van der Waals surface area (Å²) in [5.74, 6) is -0.508. The normalized spacial score (nSPS) is 16.3. The van der Waals surface area contributed by atoms with Gasteiger partial charge in [0.2, 0.25) is 11.8 Å². The predicted molar refractivity (Wildman–Crippen MR) is 109 cm³/mol. The van der Waals surface area contributed by atoms with E-state index < -0.39 is 6.36 Å². The fraction of sp³-hybridized carbons (Fsp3) is 0.636. The molecule has 0 radical (unpaired) electrons. The summed E-state index contributed by atoms with van der Waals surface area (Å²) in [4.78, 5) is 25.4. The van der Waals surface area contributed by atoms with Crippen molar-refractivity contribution >= 4 is 17.5 Å². The number of alkyl halides is 3. The van der Waals surface area contributed by atoms with Gasteiger partial charge in [-0.25, -0.2) is 0 Å². The van der Waals surface area contributed by atoms with E-state index in [1.165, 1.54) is 12.1 Å². The number of anilines is 1. The number of hydrogen-bond donors (Lipinski definition) is 1. The quantitative estimate of drug-likeness (QED) is 0.489. The molecule has 0 saturated heterocycles. The third-order valence-corrected chi connectivity index (χ3v) is 5.46. The molecule has 168 valence electrons. The van der Waals surface area contributed by atoms with Crippen molar-refractivity contribution in [1.82, 2.24) is 0 Å². The first-order chi connectivity index (χ1) is 14.2. The fourth-order valence-corrected chi connectivity index (χ4v) is 3.97. The van der Waals surface area contributed by atoms with Gasteiger partial charge >= 0.3 is 6.36 Å². The maximum atomic E-state index is 12.9. The van der Waals surface area contributed by atoms with E-state index >= 15 is 0 Å². The molecule has 1 atom stereocenters. The fourth-order valence-electron chi connectivity index (χ4n) is 3.97. The first-order valence-corrected chi connectivity index (χ1v) is 10.7. The second-order valence-electron chi connectivity index (χ2n) is 7.79. The van der Waals surface area contributed by atoms with Crippen LogP contribution in [0, 0.1) is 0 Å². The van der Waals surface area contributed by atoms with Crippen LogP contribution < -0.4 is 15.4 Å². The van der Waals surface area contributed by atoms with E-state index in [2.05, 4.69) is 4.74 Å². The van der Waals surface area contributed by atoms with Crippen molar-refractivity contribution in [3.8, 4) is 5.75 Å². The van der Waals surface area contributed by atoms with Gasteiger partial charge in [-0.1, -0.05) is 32.6 Å². The molecule has 5 nitrogen and oxygen atoms in total. The van der Waals surface area contributed by atoms with E-state index in [4.69, 9.17) is 5.73 Å². The molecule has 2 amide bonds. The molecular weight excluding hydrogens is 397 g/mol. The molecule has 30 heavy (non-hydrogen) atoms. The van der Waals surface area contributed by atoms with Crippen molar-refractivity contribution in [2.45, 2.75) is 90.0 Å².